The van der Waals surface area contributed by atoms with Crippen molar-refractivity contribution in [1.82, 2.24) is 25.3 Å². The topological polar surface area (TPSA) is 77.6 Å². The van der Waals surface area contributed by atoms with E-state index in [1.165, 1.54) is 11.8 Å². The Balaban J connectivity index is 1.63. The zero-order valence-corrected chi connectivity index (χ0v) is 17.3. The van der Waals surface area contributed by atoms with Crippen LogP contribution in [0.3, 0.4) is 0 Å². The lowest BCUT2D eigenvalue weighted by Gasteiger charge is -2.10. The molecule has 0 saturated heterocycles. The maximum atomic E-state index is 5.36. The normalized spacial score (nSPS) is 11.6. The third kappa shape index (κ3) is 4.51. The van der Waals surface area contributed by atoms with Crippen molar-refractivity contribution in [2.45, 2.75) is 37.1 Å². The number of nitrogens with zero attached hydrogens (tertiary/aromatic N) is 5. The fourth-order valence-corrected chi connectivity index (χ4v) is 3.34. The molecule has 0 N–H and O–H groups in total. The summed E-state index contributed by atoms with van der Waals surface area (Å²) in [5.41, 5.74) is 3.37. The highest BCUT2D eigenvalue weighted by Gasteiger charge is 2.22. The summed E-state index contributed by atoms with van der Waals surface area (Å²) >= 11 is 1.44. The highest BCUT2D eigenvalue weighted by Crippen LogP contribution is 2.30. The predicted octanol–water partition coefficient (Wildman–Crippen LogP) is 5.18. The Labute approximate surface area is 173 Å². The molecular formula is C22H21N5OS. The largest absolute Gasteiger partial charge is 0.339 e. The zero-order valence-electron chi connectivity index (χ0n) is 16.5. The molecule has 0 bridgehead atoms. The first-order valence-electron chi connectivity index (χ1n) is 9.32. The highest BCUT2D eigenvalue weighted by atomic mass is 32.2. The molecular weight excluding hydrogens is 382 g/mol. The second kappa shape index (κ2) is 8.13. The van der Waals surface area contributed by atoms with Crippen molar-refractivity contribution in [3.8, 4) is 22.5 Å². The Kier molecular flexibility index (Phi) is 5.40. The number of hydrogen-bond acceptors (Lipinski definition) is 7. The Hall–Kier alpha value is -3.06. The van der Waals surface area contributed by atoms with Gasteiger partial charge in [-0.15, -0.1) is 10.2 Å². The molecule has 0 aliphatic heterocycles. The van der Waals surface area contributed by atoms with Gasteiger partial charge in [0.05, 0.1) is 5.75 Å². The maximum absolute atomic E-state index is 5.36. The SMILES string of the molecule is CC(C)(C)c1nc(CSc2nnc(-c3ccccc3)c(-c3ccccc3)n2)no1. The third-order valence-corrected chi connectivity index (χ3v) is 5.04. The average Bonchev–Trinajstić information content (AvgIpc) is 3.23. The monoisotopic (exact) mass is 403 g/mol. The van der Waals surface area contributed by atoms with E-state index in [-0.39, 0.29) is 5.41 Å². The van der Waals surface area contributed by atoms with Crippen LogP contribution in [0.5, 0.6) is 0 Å². The molecule has 0 saturated carbocycles. The van der Waals surface area contributed by atoms with Gasteiger partial charge >= 0.3 is 0 Å². The quantitative estimate of drug-likeness (QED) is 0.425. The molecule has 0 radical (unpaired) electrons. The number of hydrogen-bond donors (Lipinski definition) is 0. The standard InChI is InChI=1S/C22H21N5OS/c1-22(2,3)20-23-17(27-28-20)14-29-21-24-18(15-10-6-4-7-11-15)19(25-26-21)16-12-8-5-9-13-16/h4-13H,14H2,1-3H3. The predicted molar refractivity (Wildman–Crippen MR) is 113 cm³/mol. The summed E-state index contributed by atoms with van der Waals surface area (Å²) < 4.78 is 5.36. The first kappa shape index (κ1) is 19.3. The van der Waals surface area contributed by atoms with Crippen molar-refractivity contribution in [2.75, 3.05) is 0 Å². The molecule has 4 rings (SSSR count). The molecule has 4 aromatic rings. The van der Waals surface area contributed by atoms with Gasteiger partial charge in [0, 0.05) is 16.5 Å². The molecule has 2 aromatic carbocycles. The molecule has 2 aromatic heterocycles. The number of rotatable bonds is 5. The molecule has 6 nitrogen and oxygen atoms in total. The van der Waals surface area contributed by atoms with Crippen LogP contribution in [0.15, 0.2) is 70.3 Å². The summed E-state index contributed by atoms with van der Waals surface area (Å²) in [6.45, 7) is 6.12. The number of aromatic nitrogens is 5. The zero-order chi connectivity index (χ0) is 20.3. The van der Waals surface area contributed by atoms with Gasteiger partial charge in [-0.1, -0.05) is 98.4 Å². The Morgan fingerprint density at radius 1 is 0.793 bits per heavy atom. The molecule has 0 amide bonds. The van der Waals surface area contributed by atoms with Gasteiger partial charge in [-0.2, -0.15) is 4.98 Å². The van der Waals surface area contributed by atoms with E-state index in [2.05, 4.69) is 20.3 Å². The summed E-state index contributed by atoms with van der Waals surface area (Å²) in [5.74, 6) is 1.76. The molecule has 2 heterocycles. The van der Waals surface area contributed by atoms with Gasteiger partial charge in [0.25, 0.3) is 0 Å². The smallest absolute Gasteiger partial charge is 0.232 e. The summed E-state index contributed by atoms with van der Waals surface area (Å²) in [5, 5.41) is 13.4. The molecule has 7 heteroatoms. The van der Waals surface area contributed by atoms with E-state index in [0.29, 0.717) is 22.6 Å². The van der Waals surface area contributed by atoms with E-state index >= 15 is 0 Å². The van der Waals surface area contributed by atoms with E-state index in [9.17, 15) is 0 Å². The molecule has 29 heavy (non-hydrogen) atoms. The summed E-state index contributed by atoms with van der Waals surface area (Å²) in [6, 6.07) is 20.0. The minimum Gasteiger partial charge on any atom is -0.339 e. The van der Waals surface area contributed by atoms with Crippen molar-refractivity contribution in [2.24, 2.45) is 0 Å². The van der Waals surface area contributed by atoms with Gasteiger partial charge in [-0.25, -0.2) is 4.98 Å². The van der Waals surface area contributed by atoms with Crippen LogP contribution in [0.2, 0.25) is 0 Å². The third-order valence-electron chi connectivity index (χ3n) is 4.20. The average molecular weight is 404 g/mol. The van der Waals surface area contributed by atoms with E-state index in [1.807, 2.05) is 81.4 Å². The van der Waals surface area contributed by atoms with Crippen LogP contribution in [0, 0.1) is 0 Å². The number of thioether (sulfide) groups is 1. The van der Waals surface area contributed by atoms with E-state index in [4.69, 9.17) is 9.51 Å². The Morgan fingerprint density at radius 3 is 2.00 bits per heavy atom. The van der Waals surface area contributed by atoms with Crippen LogP contribution in [0.25, 0.3) is 22.5 Å². The van der Waals surface area contributed by atoms with Gasteiger partial charge in [-0.3, -0.25) is 0 Å². The molecule has 146 valence electrons. The van der Waals surface area contributed by atoms with Crippen molar-refractivity contribution in [3.05, 3.63) is 72.4 Å². The van der Waals surface area contributed by atoms with Crippen molar-refractivity contribution in [1.29, 1.82) is 0 Å². The van der Waals surface area contributed by atoms with Crippen LogP contribution >= 0.6 is 11.8 Å². The lowest BCUT2D eigenvalue weighted by atomic mass is 9.97. The molecule has 0 aliphatic rings. The van der Waals surface area contributed by atoms with Gasteiger partial charge in [0.2, 0.25) is 11.0 Å². The van der Waals surface area contributed by atoms with Crippen LogP contribution in [-0.2, 0) is 11.2 Å². The summed E-state index contributed by atoms with van der Waals surface area (Å²) in [7, 11) is 0. The van der Waals surface area contributed by atoms with Crippen LogP contribution in [-0.4, -0.2) is 25.3 Å². The summed E-state index contributed by atoms with van der Waals surface area (Å²) in [4.78, 5) is 9.26. The van der Waals surface area contributed by atoms with E-state index < -0.39 is 0 Å². The summed E-state index contributed by atoms with van der Waals surface area (Å²) in [6.07, 6.45) is 0. The first-order valence-corrected chi connectivity index (χ1v) is 10.3. The number of benzene rings is 2. The van der Waals surface area contributed by atoms with Gasteiger partial charge in [0.1, 0.15) is 11.4 Å². The first-order chi connectivity index (χ1) is 14.0. The van der Waals surface area contributed by atoms with Crippen molar-refractivity contribution in [3.63, 3.8) is 0 Å². The lowest BCUT2D eigenvalue weighted by molar-refractivity contribution is 0.319. The highest BCUT2D eigenvalue weighted by molar-refractivity contribution is 7.98. The van der Waals surface area contributed by atoms with Crippen molar-refractivity contribution >= 4 is 11.8 Å². The minimum atomic E-state index is -0.175. The minimum absolute atomic E-state index is 0.175. The Morgan fingerprint density at radius 2 is 1.41 bits per heavy atom. The molecule has 0 spiro atoms. The second-order valence-corrected chi connectivity index (χ2v) is 8.52. The molecule has 0 aliphatic carbocycles. The maximum Gasteiger partial charge on any atom is 0.232 e. The van der Waals surface area contributed by atoms with Crippen molar-refractivity contribution < 1.29 is 4.52 Å². The van der Waals surface area contributed by atoms with Gasteiger partial charge < -0.3 is 4.52 Å². The van der Waals surface area contributed by atoms with E-state index in [1.54, 1.807) is 0 Å². The fraction of sp³-hybridized carbons (Fsp3) is 0.227. The molecule has 0 fully saturated rings. The Bertz CT molecular complexity index is 1090. The van der Waals surface area contributed by atoms with Crippen LogP contribution in [0.1, 0.15) is 32.5 Å². The van der Waals surface area contributed by atoms with Gasteiger partial charge in [-0.05, 0) is 0 Å². The fourth-order valence-electron chi connectivity index (χ4n) is 2.71. The molecule has 0 atom stereocenters. The molecule has 0 unspecified atom stereocenters. The van der Waals surface area contributed by atoms with Crippen LogP contribution in [0.4, 0.5) is 0 Å². The van der Waals surface area contributed by atoms with Gasteiger partial charge in [0.15, 0.2) is 5.82 Å². The van der Waals surface area contributed by atoms with Crippen LogP contribution < -0.4 is 0 Å². The second-order valence-electron chi connectivity index (χ2n) is 7.58. The van der Waals surface area contributed by atoms with E-state index in [0.717, 1.165) is 22.5 Å². The lowest BCUT2D eigenvalue weighted by Crippen LogP contribution is -2.11.